The summed E-state index contributed by atoms with van der Waals surface area (Å²) in [6, 6.07) is 12.1. The van der Waals surface area contributed by atoms with E-state index >= 15 is 0 Å². The minimum Gasteiger partial charge on any atom is -0.397 e. The van der Waals surface area contributed by atoms with E-state index < -0.39 is 0 Å². The predicted molar refractivity (Wildman–Crippen MR) is 77.8 cm³/mol. The molecule has 0 bridgehead atoms. The molecule has 2 rings (SSSR count). The van der Waals surface area contributed by atoms with Gasteiger partial charge in [0.15, 0.2) is 0 Å². The molecule has 17 heavy (non-hydrogen) atoms. The Kier molecular flexibility index (Phi) is 3.38. The van der Waals surface area contributed by atoms with Gasteiger partial charge in [-0.15, -0.1) is 0 Å². The van der Waals surface area contributed by atoms with Crippen molar-refractivity contribution in [1.29, 1.82) is 0 Å². The van der Waals surface area contributed by atoms with Gasteiger partial charge in [0.2, 0.25) is 0 Å². The molecule has 0 radical (unpaired) electrons. The van der Waals surface area contributed by atoms with Gasteiger partial charge in [-0.1, -0.05) is 18.2 Å². The standard InChI is InChI=1S/C14H15BrN2/c1-9-6-7-11(16)13(8-9)17-12-5-3-4-10(2)14(12)15/h3-8,17H,16H2,1-2H3. The van der Waals surface area contributed by atoms with E-state index in [4.69, 9.17) is 5.73 Å². The second kappa shape index (κ2) is 4.80. The Hall–Kier alpha value is -1.48. The van der Waals surface area contributed by atoms with Crippen molar-refractivity contribution in [3.8, 4) is 0 Å². The van der Waals surface area contributed by atoms with Crippen LogP contribution in [0.1, 0.15) is 11.1 Å². The fourth-order valence-corrected chi connectivity index (χ4v) is 2.03. The number of hydrogen-bond acceptors (Lipinski definition) is 2. The first-order valence-corrected chi connectivity index (χ1v) is 6.25. The first-order chi connectivity index (χ1) is 8.08. The van der Waals surface area contributed by atoms with Crippen LogP contribution in [0.3, 0.4) is 0 Å². The van der Waals surface area contributed by atoms with Crippen molar-refractivity contribution in [2.45, 2.75) is 13.8 Å². The fourth-order valence-electron chi connectivity index (χ4n) is 1.67. The molecule has 0 fully saturated rings. The molecule has 88 valence electrons. The highest BCUT2D eigenvalue weighted by atomic mass is 79.9. The lowest BCUT2D eigenvalue weighted by Gasteiger charge is -2.12. The summed E-state index contributed by atoms with van der Waals surface area (Å²) in [6.45, 7) is 4.12. The Labute approximate surface area is 110 Å². The molecular formula is C14H15BrN2. The van der Waals surface area contributed by atoms with Crippen molar-refractivity contribution in [2.24, 2.45) is 0 Å². The third kappa shape index (κ3) is 2.61. The first-order valence-electron chi connectivity index (χ1n) is 5.46. The van der Waals surface area contributed by atoms with Crippen LogP contribution >= 0.6 is 15.9 Å². The number of nitrogens with two attached hydrogens (primary N) is 1. The predicted octanol–water partition coefficient (Wildman–Crippen LogP) is 4.39. The molecule has 0 spiro atoms. The molecule has 2 aromatic rings. The van der Waals surface area contributed by atoms with E-state index in [-0.39, 0.29) is 0 Å². The molecule has 0 saturated carbocycles. The molecule has 0 aliphatic carbocycles. The lowest BCUT2D eigenvalue weighted by Crippen LogP contribution is -1.97. The average Bonchev–Trinajstić information content (AvgIpc) is 2.30. The maximum absolute atomic E-state index is 5.95. The molecule has 3 N–H and O–H groups in total. The van der Waals surface area contributed by atoms with Crippen molar-refractivity contribution in [3.63, 3.8) is 0 Å². The lowest BCUT2D eigenvalue weighted by atomic mass is 10.1. The van der Waals surface area contributed by atoms with Gasteiger partial charge in [0.25, 0.3) is 0 Å². The smallest absolute Gasteiger partial charge is 0.0620 e. The molecule has 2 aromatic carbocycles. The molecule has 0 atom stereocenters. The molecule has 0 amide bonds. The molecule has 0 unspecified atom stereocenters. The van der Waals surface area contributed by atoms with Gasteiger partial charge in [0.1, 0.15) is 0 Å². The quantitative estimate of drug-likeness (QED) is 0.805. The minimum absolute atomic E-state index is 0.754. The van der Waals surface area contributed by atoms with Crippen LogP contribution < -0.4 is 11.1 Å². The highest BCUT2D eigenvalue weighted by Crippen LogP contribution is 2.31. The molecule has 0 heterocycles. The number of halogens is 1. The summed E-state index contributed by atoms with van der Waals surface area (Å²) in [6.07, 6.45) is 0. The number of nitrogen functional groups attached to an aromatic ring is 1. The molecule has 0 aliphatic heterocycles. The zero-order valence-corrected chi connectivity index (χ0v) is 11.5. The second-order valence-corrected chi connectivity index (χ2v) is 4.95. The van der Waals surface area contributed by atoms with Crippen LogP contribution in [0.25, 0.3) is 0 Å². The molecule has 3 heteroatoms. The summed E-state index contributed by atoms with van der Waals surface area (Å²) in [5.41, 5.74) is 11.1. The normalized spacial score (nSPS) is 10.3. The maximum Gasteiger partial charge on any atom is 0.0620 e. The Morgan fingerprint density at radius 1 is 1.06 bits per heavy atom. The first kappa shape index (κ1) is 12.0. The van der Waals surface area contributed by atoms with Crippen molar-refractivity contribution in [1.82, 2.24) is 0 Å². The van der Waals surface area contributed by atoms with Gasteiger partial charge in [0, 0.05) is 4.47 Å². The van der Waals surface area contributed by atoms with Crippen LogP contribution in [0.2, 0.25) is 0 Å². The molecule has 0 aromatic heterocycles. The van der Waals surface area contributed by atoms with E-state index in [1.807, 2.05) is 30.3 Å². The number of nitrogens with one attached hydrogen (secondary N) is 1. The van der Waals surface area contributed by atoms with Crippen LogP contribution in [-0.4, -0.2) is 0 Å². The third-order valence-electron chi connectivity index (χ3n) is 2.67. The summed E-state index contributed by atoms with van der Waals surface area (Å²) in [7, 11) is 0. The zero-order valence-electron chi connectivity index (χ0n) is 9.92. The summed E-state index contributed by atoms with van der Waals surface area (Å²) >= 11 is 3.58. The van der Waals surface area contributed by atoms with Gasteiger partial charge in [-0.2, -0.15) is 0 Å². The van der Waals surface area contributed by atoms with Gasteiger partial charge in [0.05, 0.1) is 17.1 Å². The average molecular weight is 291 g/mol. The third-order valence-corrected chi connectivity index (χ3v) is 3.72. The lowest BCUT2D eigenvalue weighted by molar-refractivity contribution is 1.40. The molecule has 0 aliphatic rings. The van der Waals surface area contributed by atoms with E-state index in [1.54, 1.807) is 0 Å². The van der Waals surface area contributed by atoms with Crippen LogP contribution in [0, 0.1) is 13.8 Å². The van der Waals surface area contributed by atoms with E-state index in [9.17, 15) is 0 Å². The second-order valence-electron chi connectivity index (χ2n) is 4.15. The van der Waals surface area contributed by atoms with Gasteiger partial charge >= 0.3 is 0 Å². The van der Waals surface area contributed by atoms with E-state index in [0.29, 0.717) is 0 Å². The van der Waals surface area contributed by atoms with Crippen LogP contribution in [-0.2, 0) is 0 Å². The van der Waals surface area contributed by atoms with Gasteiger partial charge in [-0.25, -0.2) is 0 Å². The highest BCUT2D eigenvalue weighted by Gasteiger charge is 2.04. The van der Waals surface area contributed by atoms with E-state index in [0.717, 1.165) is 21.5 Å². The summed E-state index contributed by atoms with van der Waals surface area (Å²) in [4.78, 5) is 0. The van der Waals surface area contributed by atoms with Gasteiger partial charge in [-0.3, -0.25) is 0 Å². The Morgan fingerprint density at radius 2 is 1.82 bits per heavy atom. The Balaban J connectivity index is 2.38. The van der Waals surface area contributed by atoms with Crippen LogP contribution in [0.5, 0.6) is 0 Å². The molecule has 2 nitrogen and oxygen atoms in total. The zero-order chi connectivity index (χ0) is 12.4. The van der Waals surface area contributed by atoms with Crippen molar-refractivity contribution in [2.75, 3.05) is 11.1 Å². The summed E-state index contributed by atoms with van der Waals surface area (Å²) in [5, 5.41) is 3.35. The van der Waals surface area contributed by atoms with Crippen LogP contribution in [0.15, 0.2) is 40.9 Å². The van der Waals surface area contributed by atoms with Gasteiger partial charge in [-0.05, 0) is 59.1 Å². The maximum atomic E-state index is 5.95. The number of aryl methyl sites for hydroxylation is 2. The van der Waals surface area contributed by atoms with Crippen molar-refractivity contribution in [3.05, 3.63) is 52.0 Å². The summed E-state index contributed by atoms with van der Waals surface area (Å²) < 4.78 is 1.07. The fraction of sp³-hybridized carbons (Fsp3) is 0.143. The SMILES string of the molecule is Cc1ccc(N)c(Nc2cccc(C)c2Br)c1. The number of benzene rings is 2. The number of rotatable bonds is 2. The number of hydrogen-bond donors (Lipinski definition) is 2. The molecular weight excluding hydrogens is 276 g/mol. The number of anilines is 3. The van der Waals surface area contributed by atoms with Crippen molar-refractivity contribution < 1.29 is 0 Å². The van der Waals surface area contributed by atoms with E-state index in [2.05, 4.69) is 41.2 Å². The molecule has 0 saturated heterocycles. The largest absolute Gasteiger partial charge is 0.397 e. The van der Waals surface area contributed by atoms with E-state index in [1.165, 1.54) is 11.1 Å². The summed E-state index contributed by atoms with van der Waals surface area (Å²) in [5.74, 6) is 0. The minimum atomic E-state index is 0.754. The monoisotopic (exact) mass is 290 g/mol. The topological polar surface area (TPSA) is 38.0 Å². The van der Waals surface area contributed by atoms with Crippen molar-refractivity contribution >= 4 is 33.0 Å². The van der Waals surface area contributed by atoms with Gasteiger partial charge < -0.3 is 11.1 Å². The van der Waals surface area contributed by atoms with Crippen LogP contribution in [0.4, 0.5) is 17.1 Å². The Morgan fingerprint density at radius 3 is 2.59 bits per heavy atom. The highest BCUT2D eigenvalue weighted by molar-refractivity contribution is 9.10. The Bertz CT molecular complexity index is 550.